The van der Waals surface area contributed by atoms with Crippen LogP contribution in [0.5, 0.6) is 0 Å². The Hall–Kier alpha value is -0.380. The Labute approximate surface area is 115 Å². The van der Waals surface area contributed by atoms with Gasteiger partial charge in [0.25, 0.3) is 0 Å². The van der Waals surface area contributed by atoms with Gasteiger partial charge in [-0.2, -0.15) is 0 Å². The summed E-state index contributed by atoms with van der Waals surface area (Å²) in [6.45, 7) is 6.82. The van der Waals surface area contributed by atoms with Gasteiger partial charge in [-0.3, -0.25) is 11.3 Å². The van der Waals surface area contributed by atoms with Crippen LogP contribution in [-0.4, -0.2) is 0 Å². The smallest absolute Gasteiger partial charge is 0.0524 e. The number of hydrogen-bond acceptors (Lipinski definition) is 3. The summed E-state index contributed by atoms with van der Waals surface area (Å²) in [4.78, 5) is 1.38. The highest BCUT2D eigenvalue weighted by Crippen LogP contribution is 2.51. The fraction of sp³-hybridized carbons (Fsp3) is 0.733. The Kier molecular flexibility index (Phi) is 4.46. The van der Waals surface area contributed by atoms with E-state index in [4.69, 9.17) is 5.84 Å². The summed E-state index contributed by atoms with van der Waals surface area (Å²) < 4.78 is 0. The van der Waals surface area contributed by atoms with Crippen molar-refractivity contribution in [1.82, 2.24) is 5.43 Å². The molecule has 1 unspecified atom stereocenters. The van der Waals surface area contributed by atoms with Crippen LogP contribution in [0.2, 0.25) is 0 Å². The first-order valence-corrected chi connectivity index (χ1v) is 7.96. The molecule has 1 aromatic heterocycles. The largest absolute Gasteiger partial charge is 0.271 e. The lowest BCUT2D eigenvalue weighted by Crippen LogP contribution is -2.40. The van der Waals surface area contributed by atoms with E-state index in [1.54, 1.807) is 0 Å². The number of hydrazine groups is 1. The van der Waals surface area contributed by atoms with Gasteiger partial charge in [-0.25, -0.2) is 0 Å². The Bertz CT molecular complexity index is 378. The highest BCUT2D eigenvalue weighted by atomic mass is 32.1. The minimum absolute atomic E-state index is 0.326. The molecule has 0 radical (unpaired) electrons. The molecule has 1 aromatic rings. The minimum atomic E-state index is 0.326. The quantitative estimate of drug-likeness (QED) is 0.620. The number of rotatable bonds is 5. The van der Waals surface area contributed by atoms with Gasteiger partial charge in [-0.15, -0.1) is 11.3 Å². The number of nitrogens with one attached hydrogen (secondary N) is 1. The fourth-order valence-corrected chi connectivity index (χ4v) is 4.47. The molecule has 3 heteroatoms. The predicted octanol–water partition coefficient (Wildman–Crippen LogP) is 4.17. The van der Waals surface area contributed by atoms with Gasteiger partial charge in [0, 0.05) is 4.88 Å². The van der Waals surface area contributed by atoms with Crippen LogP contribution in [0.25, 0.3) is 0 Å². The highest BCUT2D eigenvalue weighted by Gasteiger charge is 2.42. The molecule has 0 aliphatic heterocycles. The SMILES string of the molecule is Cc1cc(C(NN)C2(CC(C)C)CCCC2)cs1. The van der Waals surface area contributed by atoms with Gasteiger partial charge in [0.2, 0.25) is 0 Å². The first kappa shape index (κ1) is 14.0. The monoisotopic (exact) mass is 266 g/mol. The summed E-state index contributed by atoms with van der Waals surface area (Å²) >= 11 is 1.83. The second-order valence-corrected chi connectivity index (χ2v) is 7.37. The lowest BCUT2D eigenvalue weighted by atomic mass is 9.71. The van der Waals surface area contributed by atoms with Gasteiger partial charge in [-0.05, 0) is 54.5 Å². The van der Waals surface area contributed by atoms with Crippen molar-refractivity contribution >= 4 is 11.3 Å². The van der Waals surface area contributed by atoms with E-state index in [1.165, 1.54) is 42.5 Å². The van der Waals surface area contributed by atoms with Crippen LogP contribution in [0, 0.1) is 18.3 Å². The second-order valence-electron chi connectivity index (χ2n) is 6.26. The maximum atomic E-state index is 5.91. The van der Waals surface area contributed by atoms with Crippen LogP contribution in [0.15, 0.2) is 11.4 Å². The predicted molar refractivity (Wildman–Crippen MR) is 79.5 cm³/mol. The van der Waals surface area contributed by atoms with E-state index in [1.807, 2.05) is 11.3 Å². The number of aryl methyl sites for hydroxylation is 1. The molecule has 3 N–H and O–H groups in total. The molecule has 0 spiro atoms. The van der Waals surface area contributed by atoms with Gasteiger partial charge in [-0.1, -0.05) is 26.7 Å². The van der Waals surface area contributed by atoms with Crippen LogP contribution in [0.1, 0.15) is 62.4 Å². The van der Waals surface area contributed by atoms with Gasteiger partial charge < -0.3 is 0 Å². The molecule has 0 saturated heterocycles. The molecule has 1 fully saturated rings. The molecular weight excluding hydrogens is 240 g/mol. The van der Waals surface area contributed by atoms with Crippen LogP contribution in [0.4, 0.5) is 0 Å². The van der Waals surface area contributed by atoms with E-state index >= 15 is 0 Å². The van der Waals surface area contributed by atoms with E-state index < -0.39 is 0 Å². The molecule has 1 saturated carbocycles. The van der Waals surface area contributed by atoms with Crippen molar-refractivity contribution in [3.8, 4) is 0 Å². The zero-order chi connectivity index (χ0) is 13.2. The van der Waals surface area contributed by atoms with Crippen LogP contribution in [-0.2, 0) is 0 Å². The summed E-state index contributed by atoms with van der Waals surface area (Å²) in [5, 5.41) is 2.28. The van der Waals surface area contributed by atoms with Crippen molar-refractivity contribution in [3.63, 3.8) is 0 Å². The average molecular weight is 266 g/mol. The second kappa shape index (κ2) is 5.72. The number of hydrogen-bond donors (Lipinski definition) is 2. The Morgan fingerprint density at radius 3 is 2.50 bits per heavy atom. The normalized spacial score (nSPS) is 20.5. The lowest BCUT2D eigenvalue weighted by molar-refractivity contribution is 0.156. The number of thiophene rings is 1. The maximum absolute atomic E-state index is 5.91. The molecule has 18 heavy (non-hydrogen) atoms. The van der Waals surface area contributed by atoms with Crippen molar-refractivity contribution in [3.05, 3.63) is 21.9 Å². The molecular formula is C15H26N2S. The first-order chi connectivity index (χ1) is 8.57. The first-order valence-electron chi connectivity index (χ1n) is 7.08. The molecule has 0 amide bonds. The van der Waals surface area contributed by atoms with Crippen molar-refractivity contribution in [2.45, 2.75) is 58.9 Å². The molecule has 1 aliphatic rings. The van der Waals surface area contributed by atoms with Crippen molar-refractivity contribution < 1.29 is 0 Å². The highest BCUT2D eigenvalue weighted by molar-refractivity contribution is 7.10. The van der Waals surface area contributed by atoms with E-state index in [9.17, 15) is 0 Å². The summed E-state index contributed by atoms with van der Waals surface area (Å²) in [5.41, 5.74) is 4.89. The molecule has 2 nitrogen and oxygen atoms in total. The lowest BCUT2D eigenvalue weighted by Gasteiger charge is -2.38. The van der Waals surface area contributed by atoms with E-state index in [0.717, 1.165) is 5.92 Å². The van der Waals surface area contributed by atoms with Gasteiger partial charge in [0.05, 0.1) is 6.04 Å². The molecule has 102 valence electrons. The summed E-state index contributed by atoms with van der Waals surface area (Å²) in [6.07, 6.45) is 6.61. The molecule has 1 atom stereocenters. The van der Waals surface area contributed by atoms with Gasteiger partial charge in [0.1, 0.15) is 0 Å². The zero-order valence-corrected chi connectivity index (χ0v) is 12.6. The van der Waals surface area contributed by atoms with E-state index in [2.05, 4.69) is 37.6 Å². The third-order valence-electron chi connectivity index (χ3n) is 4.28. The Morgan fingerprint density at radius 1 is 1.39 bits per heavy atom. The summed E-state index contributed by atoms with van der Waals surface area (Å²) in [7, 11) is 0. The molecule has 0 bridgehead atoms. The topological polar surface area (TPSA) is 38.0 Å². The standard InChI is InChI=1S/C15H26N2S/c1-11(2)9-15(6-4-5-7-15)14(17-16)13-8-12(3)18-10-13/h8,10-11,14,17H,4-7,9,16H2,1-3H3. The van der Waals surface area contributed by atoms with Crippen molar-refractivity contribution in [2.24, 2.45) is 17.2 Å². The van der Waals surface area contributed by atoms with Crippen LogP contribution < -0.4 is 11.3 Å². The molecule has 2 rings (SSSR count). The van der Waals surface area contributed by atoms with Crippen LogP contribution in [0.3, 0.4) is 0 Å². The minimum Gasteiger partial charge on any atom is -0.271 e. The zero-order valence-electron chi connectivity index (χ0n) is 11.8. The molecule has 1 heterocycles. The average Bonchev–Trinajstić information content (AvgIpc) is 2.89. The Balaban J connectivity index is 2.27. The van der Waals surface area contributed by atoms with E-state index in [0.29, 0.717) is 11.5 Å². The third-order valence-corrected chi connectivity index (χ3v) is 5.16. The van der Waals surface area contributed by atoms with E-state index in [-0.39, 0.29) is 0 Å². The Morgan fingerprint density at radius 2 is 2.06 bits per heavy atom. The summed E-state index contributed by atoms with van der Waals surface area (Å²) in [5.74, 6) is 6.64. The fourth-order valence-electron chi connectivity index (χ4n) is 3.74. The molecule has 0 aromatic carbocycles. The van der Waals surface area contributed by atoms with Crippen LogP contribution >= 0.6 is 11.3 Å². The third kappa shape index (κ3) is 2.79. The van der Waals surface area contributed by atoms with Crippen molar-refractivity contribution in [1.29, 1.82) is 0 Å². The van der Waals surface area contributed by atoms with Crippen molar-refractivity contribution in [2.75, 3.05) is 0 Å². The number of nitrogens with two attached hydrogens (primary N) is 1. The van der Waals surface area contributed by atoms with Gasteiger partial charge in [0.15, 0.2) is 0 Å². The van der Waals surface area contributed by atoms with Gasteiger partial charge >= 0.3 is 0 Å². The maximum Gasteiger partial charge on any atom is 0.0524 e. The summed E-state index contributed by atoms with van der Waals surface area (Å²) in [6, 6.07) is 2.63. The molecule has 1 aliphatic carbocycles.